The van der Waals surface area contributed by atoms with E-state index in [2.05, 4.69) is 23.2 Å². The average Bonchev–Trinajstić information content (AvgIpc) is 2.37. The van der Waals surface area contributed by atoms with E-state index in [0.29, 0.717) is 21.7 Å². The number of hydrogen-bond acceptors (Lipinski definition) is 2. The molecule has 4 heteroatoms. The van der Waals surface area contributed by atoms with Gasteiger partial charge in [0.25, 0.3) is 0 Å². The molecule has 1 aliphatic rings. The van der Waals surface area contributed by atoms with E-state index in [1.54, 1.807) is 12.3 Å². The SMILES string of the molecule is NC(c1ccccc1C1CCC1)c1ncc(Cl)cc1Cl. The van der Waals surface area contributed by atoms with Gasteiger partial charge in [0.05, 0.1) is 21.8 Å². The monoisotopic (exact) mass is 306 g/mol. The lowest BCUT2D eigenvalue weighted by molar-refractivity contribution is 0.416. The molecule has 2 nitrogen and oxygen atoms in total. The Bertz CT molecular complexity index is 624. The van der Waals surface area contributed by atoms with Crippen LogP contribution in [0.15, 0.2) is 36.5 Å². The van der Waals surface area contributed by atoms with Crippen molar-refractivity contribution < 1.29 is 0 Å². The molecule has 104 valence electrons. The van der Waals surface area contributed by atoms with Gasteiger partial charge in [0.2, 0.25) is 0 Å². The largest absolute Gasteiger partial charge is 0.319 e. The highest BCUT2D eigenvalue weighted by molar-refractivity contribution is 6.34. The van der Waals surface area contributed by atoms with Crippen LogP contribution in [0.5, 0.6) is 0 Å². The van der Waals surface area contributed by atoms with Gasteiger partial charge >= 0.3 is 0 Å². The first-order valence-corrected chi connectivity index (χ1v) is 7.57. The van der Waals surface area contributed by atoms with Gasteiger partial charge in [-0.2, -0.15) is 0 Å². The minimum absolute atomic E-state index is 0.309. The van der Waals surface area contributed by atoms with Crippen molar-refractivity contribution in [2.24, 2.45) is 5.73 Å². The Morgan fingerprint density at radius 2 is 1.95 bits per heavy atom. The molecule has 3 rings (SSSR count). The second kappa shape index (κ2) is 5.72. The zero-order valence-corrected chi connectivity index (χ0v) is 12.5. The van der Waals surface area contributed by atoms with Crippen LogP contribution in [-0.2, 0) is 0 Å². The van der Waals surface area contributed by atoms with E-state index in [1.807, 2.05) is 6.07 Å². The van der Waals surface area contributed by atoms with Gasteiger partial charge in [-0.1, -0.05) is 53.9 Å². The Labute approximate surface area is 128 Å². The lowest BCUT2D eigenvalue weighted by Crippen LogP contribution is -2.19. The topological polar surface area (TPSA) is 38.9 Å². The summed E-state index contributed by atoms with van der Waals surface area (Å²) in [5, 5.41) is 1.05. The Morgan fingerprint density at radius 1 is 1.20 bits per heavy atom. The summed E-state index contributed by atoms with van der Waals surface area (Å²) in [6.07, 6.45) is 5.37. The molecule has 2 aromatic rings. The van der Waals surface area contributed by atoms with Crippen molar-refractivity contribution in [2.75, 3.05) is 0 Å². The van der Waals surface area contributed by atoms with Gasteiger partial charge in [0.1, 0.15) is 0 Å². The molecule has 1 fully saturated rings. The summed E-state index contributed by atoms with van der Waals surface area (Å²) in [5.41, 5.74) is 9.53. The zero-order valence-electron chi connectivity index (χ0n) is 11.0. The summed E-state index contributed by atoms with van der Waals surface area (Å²) < 4.78 is 0. The summed E-state index contributed by atoms with van der Waals surface area (Å²) >= 11 is 12.1. The Hall–Kier alpha value is -1.09. The van der Waals surface area contributed by atoms with E-state index < -0.39 is 0 Å². The van der Waals surface area contributed by atoms with Crippen molar-refractivity contribution in [2.45, 2.75) is 31.2 Å². The number of pyridine rings is 1. The van der Waals surface area contributed by atoms with Crippen LogP contribution >= 0.6 is 23.2 Å². The fraction of sp³-hybridized carbons (Fsp3) is 0.312. The van der Waals surface area contributed by atoms with Crippen molar-refractivity contribution in [1.82, 2.24) is 4.98 Å². The van der Waals surface area contributed by atoms with Gasteiger partial charge in [-0.3, -0.25) is 4.98 Å². The van der Waals surface area contributed by atoms with E-state index in [9.17, 15) is 0 Å². The number of rotatable bonds is 3. The van der Waals surface area contributed by atoms with Crippen LogP contribution in [-0.4, -0.2) is 4.98 Å². The van der Waals surface area contributed by atoms with E-state index in [1.165, 1.54) is 24.8 Å². The maximum atomic E-state index is 6.39. The molecule has 20 heavy (non-hydrogen) atoms. The van der Waals surface area contributed by atoms with E-state index in [4.69, 9.17) is 28.9 Å². The minimum Gasteiger partial charge on any atom is -0.319 e. The fourth-order valence-electron chi connectivity index (χ4n) is 2.69. The van der Waals surface area contributed by atoms with Gasteiger partial charge < -0.3 is 5.73 Å². The molecule has 1 unspecified atom stereocenters. The number of hydrogen-bond donors (Lipinski definition) is 1. The first-order valence-electron chi connectivity index (χ1n) is 6.82. The van der Waals surface area contributed by atoms with Gasteiger partial charge in [0.15, 0.2) is 0 Å². The molecule has 1 aromatic carbocycles. The average molecular weight is 307 g/mol. The standard InChI is InChI=1S/C16H16Cl2N2/c17-11-8-14(18)16(20-9-11)15(19)13-7-2-1-6-12(13)10-4-3-5-10/h1-2,6-10,15H,3-5,19H2. The van der Waals surface area contributed by atoms with E-state index in [-0.39, 0.29) is 6.04 Å². The number of halogens is 2. The number of aromatic nitrogens is 1. The molecule has 1 heterocycles. The van der Waals surface area contributed by atoms with Gasteiger partial charge in [-0.15, -0.1) is 0 Å². The zero-order chi connectivity index (χ0) is 14.1. The third-order valence-corrected chi connectivity index (χ3v) is 4.52. The normalized spacial score (nSPS) is 16.8. The Kier molecular flexibility index (Phi) is 3.97. The molecule has 1 saturated carbocycles. The third kappa shape index (κ3) is 2.56. The molecule has 0 radical (unpaired) electrons. The Balaban J connectivity index is 1.99. The van der Waals surface area contributed by atoms with Gasteiger partial charge in [0, 0.05) is 6.20 Å². The summed E-state index contributed by atoms with van der Waals surface area (Å²) in [6.45, 7) is 0. The maximum Gasteiger partial charge on any atom is 0.0803 e. The van der Waals surface area contributed by atoms with E-state index in [0.717, 1.165) is 5.56 Å². The molecule has 1 aromatic heterocycles. The molecule has 1 atom stereocenters. The van der Waals surface area contributed by atoms with Crippen LogP contribution in [0, 0.1) is 0 Å². The van der Waals surface area contributed by atoms with Crippen LogP contribution in [0.25, 0.3) is 0 Å². The highest BCUT2D eigenvalue weighted by atomic mass is 35.5. The third-order valence-electron chi connectivity index (χ3n) is 4.01. The number of nitrogens with two attached hydrogens (primary N) is 1. The van der Waals surface area contributed by atoms with Gasteiger partial charge in [-0.25, -0.2) is 0 Å². The molecular formula is C16H16Cl2N2. The van der Waals surface area contributed by atoms with Crippen LogP contribution < -0.4 is 5.73 Å². The first-order chi connectivity index (χ1) is 9.66. The van der Waals surface area contributed by atoms with Crippen molar-refractivity contribution in [3.05, 3.63) is 63.4 Å². The highest BCUT2D eigenvalue weighted by Crippen LogP contribution is 2.40. The summed E-state index contributed by atoms with van der Waals surface area (Å²) in [7, 11) is 0. The Morgan fingerprint density at radius 3 is 2.60 bits per heavy atom. The molecule has 0 spiro atoms. The van der Waals surface area contributed by atoms with Crippen LogP contribution in [0.1, 0.15) is 48.0 Å². The predicted octanol–water partition coefficient (Wildman–Crippen LogP) is 4.70. The quantitative estimate of drug-likeness (QED) is 0.892. The molecule has 0 saturated heterocycles. The van der Waals surface area contributed by atoms with Crippen molar-refractivity contribution in [1.29, 1.82) is 0 Å². The second-order valence-electron chi connectivity index (χ2n) is 5.26. The van der Waals surface area contributed by atoms with Crippen molar-refractivity contribution in [3.63, 3.8) is 0 Å². The molecular weight excluding hydrogens is 291 g/mol. The molecule has 0 bridgehead atoms. The smallest absolute Gasteiger partial charge is 0.0803 e. The lowest BCUT2D eigenvalue weighted by Gasteiger charge is -2.29. The highest BCUT2D eigenvalue weighted by Gasteiger charge is 2.25. The van der Waals surface area contributed by atoms with E-state index >= 15 is 0 Å². The summed E-state index contributed by atoms with van der Waals surface area (Å²) in [5.74, 6) is 0.628. The van der Waals surface area contributed by atoms with Crippen molar-refractivity contribution >= 4 is 23.2 Å². The van der Waals surface area contributed by atoms with Crippen LogP contribution in [0.4, 0.5) is 0 Å². The second-order valence-corrected chi connectivity index (χ2v) is 6.10. The fourth-order valence-corrected chi connectivity index (χ4v) is 3.18. The minimum atomic E-state index is -0.309. The summed E-state index contributed by atoms with van der Waals surface area (Å²) in [6, 6.07) is 9.71. The first kappa shape index (κ1) is 13.9. The van der Waals surface area contributed by atoms with Crippen molar-refractivity contribution in [3.8, 4) is 0 Å². The van der Waals surface area contributed by atoms with Gasteiger partial charge in [-0.05, 0) is 36.0 Å². The molecule has 1 aliphatic carbocycles. The molecule has 2 N–H and O–H groups in total. The summed E-state index contributed by atoms with van der Waals surface area (Å²) in [4.78, 5) is 4.31. The lowest BCUT2D eigenvalue weighted by atomic mass is 9.77. The number of nitrogens with zero attached hydrogens (tertiary/aromatic N) is 1. The molecule has 0 amide bonds. The number of benzene rings is 1. The van der Waals surface area contributed by atoms with Crippen LogP contribution in [0.2, 0.25) is 10.0 Å². The predicted molar refractivity (Wildman–Crippen MR) is 83.3 cm³/mol. The maximum absolute atomic E-state index is 6.39. The molecule has 0 aliphatic heterocycles. The van der Waals surface area contributed by atoms with Crippen LogP contribution in [0.3, 0.4) is 0 Å².